The van der Waals surface area contributed by atoms with Crippen molar-refractivity contribution in [3.05, 3.63) is 57.7 Å². The highest BCUT2D eigenvalue weighted by Crippen LogP contribution is 2.16. The minimum Gasteiger partial charge on any atom is -0.332 e. The molecule has 0 unspecified atom stereocenters. The zero-order chi connectivity index (χ0) is 18.4. The summed E-state index contributed by atoms with van der Waals surface area (Å²) in [5.41, 5.74) is 1.87. The van der Waals surface area contributed by atoms with Crippen LogP contribution in [0.25, 0.3) is 0 Å². The monoisotopic (exact) mass is 467 g/mol. The molecule has 2 aromatic carbocycles. The standard InChI is InChI=1S/C18H18IN3O2S/c1-11(2)16(23)20-14-7-4-8-15(10-14)21-18(25)22-17(24)12-5-3-6-13(19)9-12/h3-11H,1-2H3,(H,20,23)(H2,21,22,24,25). The molecule has 130 valence electrons. The topological polar surface area (TPSA) is 70.2 Å². The second kappa shape index (κ2) is 8.91. The van der Waals surface area contributed by atoms with Crippen LogP contribution in [0.2, 0.25) is 0 Å². The number of carbonyl (C=O) groups excluding carboxylic acids is 2. The summed E-state index contributed by atoms with van der Waals surface area (Å²) in [5.74, 6) is -0.447. The molecule has 0 aliphatic carbocycles. The molecule has 2 aromatic rings. The van der Waals surface area contributed by atoms with E-state index in [1.54, 1.807) is 36.4 Å². The molecule has 5 nitrogen and oxygen atoms in total. The maximum absolute atomic E-state index is 12.2. The first-order valence-electron chi connectivity index (χ1n) is 7.64. The van der Waals surface area contributed by atoms with Gasteiger partial charge < -0.3 is 10.6 Å². The summed E-state index contributed by atoms with van der Waals surface area (Å²) in [4.78, 5) is 23.9. The van der Waals surface area contributed by atoms with Crippen molar-refractivity contribution in [2.45, 2.75) is 13.8 Å². The number of anilines is 2. The van der Waals surface area contributed by atoms with Crippen molar-refractivity contribution in [3.63, 3.8) is 0 Å². The fourth-order valence-corrected chi connectivity index (χ4v) is 2.68. The number of hydrogen-bond acceptors (Lipinski definition) is 3. The van der Waals surface area contributed by atoms with Crippen molar-refractivity contribution in [1.29, 1.82) is 0 Å². The van der Waals surface area contributed by atoms with E-state index in [2.05, 4.69) is 38.5 Å². The lowest BCUT2D eigenvalue weighted by molar-refractivity contribution is -0.118. The maximum Gasteiger partial charge on any atom is 0.257 e. The van der Waals surface area contributed by atoms with Gasteiger partial charge in [0.05, 0.1) is 0 Å². The van der Waals surface area contributed by atoms with Crippen LogP contribution in [0.1, 0.15) is 24.2 Å². The summed E-state index contributed by atoms with van der Waals surface area (Å²) < 4.78 is 0.970. The molecule has 3 N–H and O–H groups in total. The van der Waals surface area contributed by atoms with Crippen LogP contribution in [0.15, 0.2) is 48.5 Å². The number of carbonyl (C=O) groups is 2. The first kappa shape index (κ1) is 19.3. The quantitative estimate of drug-likeness (QED) is 0.470. The van der Waals surface area contributed by atoms with Gasteiger partial charge in [0.25, 0.3) is 5.91 Å². The van der Waals surface area contributed by atoms with Gasteiger partial charge in [-0.05, 0) is 71.2 Å². The van der Waals surface area contributed by atoms with E-state index in [0.29, 0.717) is 16.9 Å². The Labute approximate surface area is 165 Å². The van der Waals surface area contributed by atoms with Gasteiger partial charge in [0.2, 0.25) is 5.91 Å². The zero-order valence-corrected chi connectivity index (χ0v) is 16.8. The predicted molar refractivity (Wildman–Crippen MR) is 113 cm³/mol. The summed E-state index contributed by atoms with van der Waals surface area (Å²) in [6, 6.07) is 14.4. The Bertz CT molecular complexity index is 808. The van der Waals surface area contributed by atoms with E-state index in [9.17, 15) is 9.59 Å². The van der Waals surface area contributed by atoms with Crippen molar-refractivity contribution >= 4 is 63.1 Å². The highest BCUT2D eigenvalue weighted by atomic mass is 127. The molecule has 0 bridgehead atoms. The Balaban J connectivity index is 1.98. The van der Waals surface area contributed by atoms with Crippen molar-refractivity contribution in [2.75, 3.05) is 10.6 Å². The number of benzene rings is 2. The molecule has 0 fully saturated rings. The van der Waals surface area contributed by atoms with Gasteiger partial charge in [0.15, 0.2) is 5.11 Å². The molecule has 0 saturated carbocycles. The molecule has 0 aliphatic rings. The molecule has 0 saturated heterocycles. The van der Waals surface area contributed by atoms with Gasteiger partial charge in [-0.1, -0.05) is 26.0 Å². The maximum atomic E-state index is 12.2. The minimum atomic E-state index is -0.278. The molecule has 2 amide bonds. The summed E-state index contributed by atoms with van der Waals surface area (Å²) in [6.45, 7) is 3.65. The van der Waals surface area contributed by atoms with Crippen LogP contribution >= 0.6 is 34.8 Å². The van der Waals surface area contributed by atoms with Crippen molar-refractivity contribution < 1.29 is 9.59 Å². The third-order valence-corrected chi connectivity index (χ3v) is 4.10. The van der Waals surface area contributed by atoms with Gasteiger partial charge >= 0.3 is 0 Å². The Morgan fingerprint density at radius 1 is 1.00 bits per heavy atom. The van der Waals surface area contributed by atoms with E-state index >= 15 is 0 Å². The molecule has 0 atom stereocenters. The molecule has 0 aromatic heterocycles. The van der Waals surface area contributed by atoms with Crippen LogP contribution in [0.3, 0.4) is 0 Å². The Hall–Kier alpha value is -2.00. The molecular weight excluding hydrogens is 449 g/mol. The highest BCUT2D eigenvalue weighted by molar-refractivity contribution is 14.1. The molecule has 0 radical (unpaired) electrons. The number of halogens is 1. The minimum absolute atomic E-state index is 0.0632. The van der Waals surface area contributed by atoms with E-state index in [1.165, 1.54) is 0 Å². The SMILES string of the molecule is CC(C)C(=O)Nc1cccc(NC(=S)NC(=O)c2cccc(I)c2)c1. The second-order valence-electron chi connectivity index (χ2n) is 5.64. The first-order valence-corrected chi connectivity index (χ1v) is 9.12. The molecule has 25 heavy (non-hydrogen) atoms. The van der Waals surface area contributed by atoms with Gasteiger partial charge in [-0.3, -0.25) is 14.9 Å². The fraction of sp³-hybridized carbons (Fsp3) is 0.167. The van der Waals surface area contributed by atoms with E-state index in [-0.39, 0.29) is 22.8 Å². The van der Waals surface area contributed by atoms with E-state index in [1.807, 2.05) is 26.0 Å². The summed E-state index contributed by atoms with van der Waals surface area (Å²) in [6.07, 6.45) is 0. The Morgan fingerprint density at radius 2 is 1.64 bits per heavy atom. The third-order valence-electron chi connectivity index (χ3n) is 3.23. The van der Waals surface area contributed by atoms with E-state index in [0.717, 1.165) is 3.57 Å². The number of nitrogens with one attached hydrogen (secondary N) is 3. The molecule has 7 heteroatoms. The third kappa shape index (κ3) is 6.09. The van der Waals surface area contributed by atoms with Crippen LogP contribution in [-0.4, -0.2) is 16.9 Å². The Morgan fingerprint density at radius 3 is 2.28 bits per heavy atom. The van der Waals surface area contributed by atoms with Gasteiger partial charge in [-0.25, -0.2) is 0 Å². The lowest BCUT2D eigenvalue weighted by atomic mass is 10.2. The summed E-state index contributed by atoms with van der Waals surface area (Å²) >= 11 is 7.33. The lowest BCUT2D eigenvalue weighted by Gasteiger charge is -2.12. The summed E-state index contributed by atoms with van der Waals surface area (Å²) in [5, 5.41) is 8.60. The molecule has 2 rings (SSSR count). The molecule has 0 spiro atoms. The van der Waals surface area contributed by atoms with Crippen LogP contribution in [0.4, 0.5) is 11.4 Å². The van der Waals surface area contributed by atoms with E-state index in [4.69, 9.17) is 12.2 Å². The van der Waals surface area contributed by atoms with Crippen molar-refractivity contribution in [3.8, 4) is 0 Å². The Kier molecular flexibility index (Phi) is 6.89. The first-order chi connectivity index (χ1) is 11.8. The van der Waals surface area contributed by atoms with Crippen molar-refractivity contribution in [1.82, 2.24) is 5.32 Å². The van der Waals surface area contributed by atoms with Gasteiger partial charge in [0, 0.05) is 26.4 Å². The largest absolute Gasteiger partial charge is 0.332 e. The van der Waals surface area contributed by atoms with Gasteiger partial charge in [-0.2, -0.15) is 0 Å². The van der Waals surface area contributed by atoms with Crippen LogP contribution in [0.5, 0.6) is 0 Å². The summed E-state index contributed by atoms with van der Waals surface area (Å²) in [7, 11) is 0. The van der Waals surface area contributed by atoms with Crippen LogP contribution in [0, 0.1) is 9.49 Å². The highest BCUT2D eigenvalue weighted by Gasteiger charge is 2.10. The fourth-order valence-electron chi connectivity index (χ4n) is 1.93. The average Bonchev–Trinajstić information content (AvgIpc) is 2.54. The normalized spacial score (nSPS) is 10.2. The van der Waals surface area contributed by atoms with Crippen LogP contribution in [-0.2, 0) is 4.79 Å². The lowest BCUT2D eigenvalue weighted by Crippen LogP contribution is -2.34. The van der Waals surface area contributed by atoms with Crippen LogP contribution < -0.4 is 16.0 Å². The van der Waals surface area contributed by atoms with Crippen molar-refractivity contribution in [2.24, 2.45) is 5.92 Å². The molecular formula is C18H18IN3O2S. The predicted octanol–water partition coefficient (Wildman–Crippen LogP) is 4.01. The number of amides is 2. The average molecular weight is 467 g/mol. The number of hydrogen-bond donors (Lipinski definition) is 3. The molecule has 0 aliphatic heterocycles. The zero-order valence-electron chi connectivity index (χ0n) is 13.8. The molecule has 0 heterocycles. The number of thiocarbonyl (C=S) groups is 1. The van der Waals surface area contributed by atoms with Gasteiger partial charge in [0.1, 0.15) is 0 Å². The van der Waals surface area contributed by atoms with E-state index < -0.39 is 0 Å². The number of rotatable bonds is 4. The second-order valence-corrected chi connectivity index (χ2v) is 7.30. The smallest absolute Gasteiger partial charge is 0.257 e. The van der Waals surface area contributed by atoms with Gasteiger partial charge in [-0.15, -0.1) is 0 Å².